The van der Waals surface area contributed by atoms with Crippen molar-refractivity contribution in [1.82, 2.24) is 25.6 Å². The van der Waals surface area contributed by atoms with Gasteiger partial charge in [0.25, 0.3) is 5.78 Å². The number of hydrogen-bond donors (Lipinski definition) is 2. The Bertz CT molecular complexity index is 1030. The Morgan fingerprint density at radius 3 is 2.48 bits per heavy atom. The Morgan fingerprint density at radius 1 is 1.12 bits per heavy atom. The molecule has 0 atom stereocenters. The van der Waals surface area contributed by atoms with E-state index in [9.17, 15) is 18.0 Å². The highest BCUT2D eigenvalue weighted by Crippen LogP contribution is 2.24. The summed E-state index contributed by atoms with van der Waals surface area (Å²) in [5.74, 6) is -2.18. The molecule has 2 heterocycles. The molecule has 3 aromatic rings. The zero-order valence-electron chi connectivity index (χ0n) is 12.4. The number of sulfone groups is 1. The standard InChI is InChI=1S/C14H10ClN5O4S/c15-9-1-3-10(4-2-9)25(23,24)14-8(5-6-16-14)7-11(21)12(22)13-17-19-20-18-13/h1-6,16H,7H2,(H,17,18,19,20). The topological polar surface area (TPSA) is 139 Å². The number of nitrogens with one attached hydrogen (secondary N) is 2. The minimum atomic E-state index is -3.90. The van der Waals surface area contributed by atoms with Crippen molar-refractivity contribution >= 4 is 33.0 Å². The van der Waals surface area contributed by atoms with Gasteiger partial charge in [-0.15, -0.1) is 10.2 Å². The normalized spacial score (nSPS) is 11.4. The van der Waals surface area contributed by atoms with Crippen molar-refractivity contribution in [3.05, 3.63) is 52.9 Å². The van der Waals surface area contributed by atoms with E-state index in [4.69, 9.17) is 11.6 Å². The van der Waals surface area contributed by atoms with E-state index in [2.05, 4.69) is 25.6 Å². The minimum Gasteiger partial charge on any atom is -0.352 e. The van der Waals surface area contributed by atoms with Gasteiger partial charge in [-0.05, 0) is 41.1 Å². The summed E-state index contributed by atoms with van der Waals surface area (Å²) >= 11 is 5.77. The van der Waals surface area contributed by atoms with Crippen molar-refractivity contribution in [3.63, 3.8) is 0 Å². The third-order valence-electron chi connectivity index (χ3n) is 3.34. The van der Waals surface area contributed by atoms with E-state index >= 15 is 0 Å². The highest BCUT2D eigenvalue weighted by atomic mass is 35.5. The molecule has 2 aromatic heterocycles. The smallest absolute Gasteiger partial charge is 0.269 e. The number of aromatic nitrogens is 5. The van der Waals surface area contributed by atoms with Crippen LogP contribution in [0.5, 0.6) is 0 Å². The number of carbonyl (C=O) groups is 2. The molecule has 2 N–H and O–H groups in total. The van der Waals surface area contributed by atoms with Gasteiger partial charge in [0.15, 0.2) is 0 Å². The van der Waals surface area contributed by atoms with Crippen LogP contribution in [0.1, 0.15) is 16.2 Å². The summed E-state index contributed by atoms with van der Waals surface area (Å²) in [6, 6.07) is 7.03. The van der Waals surface area contributed by atoms with E-state index in [1.807, 2.05) is 0 Å². The highest BCUT2D eigenvalue weighted by Gasteiger charge is 2.27. The van der Waals surface area contributed by atoms with E-state index in [1.54, 1.807) is 0 Å². The second kappa shape index (κ2) is 6.57. The first-order valence-corrected chi connectivity index (χ1v) is 8.73. The summed E-state index contributed by atoms with van der Waals surface area (Å²) in [6.45, 7) is 0. The molecule has 0 unspecified atom stereocenters. The van der Waals surface area contributed by atoms with Gasteiger partial charge in [-0.2, -0.15) is 5.21 Å². The highest BCUT2D eigenvalue weighted by molar-refractivity contribution is 7.91. The molecule has 0 saturated heterocycles. The lowest BCUT2D eigenvalue weighted by Crippen LogP contribution is -2.19. The third kappa shape index (κ3) is 3.35. The fourth-order valence-corrected chi connectivity index (χ4v) is 3.71. The van der Waals surface area contributed by atoms with Crippen LogP contribution in [0.15, 0.2) is 46.5 Å². The lowest BCUT2D eigenvalue weighted by Gasteiger charge is -2.06. The molecule has 0 spiro atoms. The predicted molar refractivity (Wildman–Crippen MR) is 84.9 cm³/mol. The molecule has 0 amide bonds. The van der Waals surface area contributed by atoms with Crippen LogP contribution in [0.25, 0.3) is 0 Å². The molecular formula is C14H10ClN5O4S. The van der Waals surface area contributed by atoms with E-state index in [-0.39, 0.29) is 21.3 Å². The molecule has 1 aromatic carbocycles. The molecule has 0 aliphatic heterocycles. The Hall–Kier alpha value is -2.85. The summed E-state index contributed by atoms with van der Waals surface area (Å²) in [5.41, 5.74) is 0.164. The zero-order valence-corrected chi connectivity index (χ0v) is 14.0. The van der Waals surface area contributed by atoms with Crippen LogP contribution in [0.3, 0.4) is 0 Å². The number of nitrogens with zero attached hydrogens (tertiary/aromatic N) is 3. The van der Waals surface area contributed by atoms with Gasteiger partial charge in [0.2, 0.25) is 21.4 Å². The number of halogens is 1. The monoisotopic (exact) mass is 379 g/mol. The average Bonchev–Trinajstić information content (AvgIpc) is 3.26. The molecule has 0 saturated carbocycles. The molecule has 11 heteroatoms. The summed E-state index contributed by atoms with van der Waals surface area (Å²) in [6.07, 6.45) is 0.962. The first-order valence-electron chi connectivity index (χ1n) is 6.87. The van der Waals surface area contributed by atoms with Crippen molar-refractivity contribution in [3.8, 4) is 0 Å². The zero-order chi connectivity index (χ0) is 18.0. The maximum Gasteiger partial charge on any atom is 0.269 e. The number of aromatic amines is 2. The second-order valence-corrected chi connectivity index (χ2v) is 7.28. The number of H-pyrrole nitrogens is 2. The van der Waals surface area contributed by atoms with Crippen molar-refractivity contribution in [2.75, 3.05) is 0 Å². The molecule has 25 heavy (non-hydrogen) atoms. The van der Waals surface area contributed by atoms with Crippen LogP contribution in [0.4, 0.5) is 0 Å². The summed E-state index contributed by atoms with van der Waals surface area (Å²) in [5, 5.41) is 12.4. The van der Waals surface area contributed by atoms with Crippen LogP contribution < -0.4 is 0 Å². The van der Waals surface area contributed by atoms with E-state index < -0.39 is 27.8 Å². The maximum atomic E-state index is 12.7. The number of benzene rings is 1. The Balaban J connectivity index is 1.89. The Kier molecular flexibility index (Phi) is 4.47. The van der Waals surface area contributed by atoms with Crippen molar-refractivity contribution in [2.45, 2.75) is 16.3 Å². The average molecular weight is 380 g/mol. The van der Waals surface area contributed by atoms with Crippen molar-refractivity contribution in [2.24, 2.45) is 0 Å². The van der Waals surface area contributed by atoms with Crippen LogP contribution in [-0.2, 0) is 21.1 Å². The lowest BCUT2D eigenvalue weighted by atomic mass is 10.1. The van der Waals surface area contributed by atoms with Crippen molar-refractivity contribution < 1.29 is 18.0 Å². The van der Waals surface area contributed by atoms with Gasteiger partial charge in [0.1, 0.15) is 5.03 Å². The van der Waals surface area contributed by atoms with Crippen LogP contribution in [0.2, 0.25) is 5.02 Å². The second-order valence-electron chi connectivity index (χ2n) is 4.95. The Labute approximate surface area is 146 Å². The largest absolute Gasteiger partial charge is 0.352 e. The van der Waals surface area contributed by atoms with Crippen LogP contribution in [0, 0.1) is 0 Å². The number of ketones is 2. The number of tetrazole rings is 1. The fraction of sp³-hybridized carbons (Fsp3) is 0.0714. The van der Waals surface area contributed by atoms with Gasteiger partial charge in [-0.25, -0.2) is 8.42 Å². The summed E-state index contributed by atoms with van der Waals surface area (Å²) in [4.78, 5) is 26.6. The number of Topliss-reactive ketones (excluding diaryl/α,β-unsaturated/α-hetero) is 2. The minimum absolute atomic E-state index is 0.0116. The van der Waals surface area contributed by atoms with Crippen LogP contribution in [-0.4, -0.2) is 45.6 Å². The molecule has 9 nitrogen and oxygen atoms in total. The van der Waals surface area contributed by atoms with Gasteiger partial charge >= 0.3 is 0 Å². The number of hydrogen-bond acceptors (Lipinski definition) is 7. The molecule has 3 rings (SSSR count). The van der Waals surface area contributed by atoms with Gasteiger partial charge in [-0.1, -0.05) is 11.6 Å². The van der Waals surface area contributed by atoms with Gasteiger partial charge < -0.3 is 4.98 Å². The van der Waals surface area contributed by atoms with Crippen LogP contribution >= 0.6 is 11.6 Å². The first-order chi connectivity index (χ1) is 11.9. The molecule has 0 aliphatic carbocycles. The SMILES string of the molecule is O=C(Cc1cc[nH]c1S(=O)(=O)c1ccc(Cl)cc1)C(=O)c1nn[nH]n1. The fourth-order valence-electron chi connectivity index (χ4n) is 2.14. The van der Waals surface area contributed by atoms with Gasteiger partial charge in [0, 0.05) is 17.6 Å². The molecule has 128 valence electrons. The number of rotatable bonds is 6. The molecule has 0 aliphatic rings. The molecule has 0 radical (unpaired) electrons. The summed E-state index contributed by atoms with van der Waals surface area (Å²) < 4.78 is 25.4. The lowest BCUT2D eigenvalue weighted by molar-refractivity contribution is -0.114. The molecule has 0 fully saturated rings. The van der Waals surface area contributed by atoms with E-state index in [0.717, 1.165) is 0 Å². The molecular weight excluding hydrogens is 370 g/mol. The van der Waals surface area contributed by atoms with E-state index in [0.29, 0.717) is 5.02 Å². The number of carbonyl (C=O) groups excluding carboxylic acids is 2. The third-order valence-corrected chi connectivity index (χ3v) is 5.40. The quantitative estimate of drug-likeness (QED) is 0.481. The first kappa shape index (κ1) is 17.0. The van der Waals surface area contributed by atoms with E-state index in [1.165, 1.54) is 36.5 Å². The van der Waals surface area contributed by atoms with Gasteiger partial charge in [0.05, 0.1) is 4.90 Å². The Morgan fingerprint density at radius 2 is 1.84 bits per heavy atom. The predicted octanol–water partition coefficient (Wildman–Crippen LogP) is 1.01. The van der Waals surface area contributed by atoms with Crippen molar-refractivity contribution in [1.29, 1.82) is 0 Å². The maximum absolute atomic E-state index is 12.7. The summed E-state index contributed by atoms with van der Waals surface area (Å²) in [7, 11) is -3.90. The molecule has 0 bridgehead atoms. The van der Waals surface area contributed by atoms with Gasteiger partial charge in [-0.3, -0.25) is 9.59 Å².